The van der Waals surface area contributed by atoms with Crippen LogP contribution in [0.15, 0.2) is 54.9 Å². The van der Waals surface area contributed by atoms with Gasteiger partial charge in [0.25, 0.3) is 5.91 Å². The smallest absolute Gasteiger partial charge is 0.268 e. The lowest BCUT2D eigenvalue weighted by atomic mass is 9.69. The summed E-state index contributed by atoms with van der Waals surface area (Å²) < 4.78 is 0. The maximum atomic E-state index is 12.7. The van der Waals surface area contributed by atoms with Crippen molar-refractivity contribution >= 4 is 16.8 Å². The van der Waals surface area contributed by atoms with Crippen LogP contribution in [0.5, 0.6) is 0 Å². The van der Waals surface area contributed by atoms with Crippen LogP contribution in [0.25, 0.3) is 10.9 Å². The van der Waals surface area contributed by atoms with Gasteiger partial charge in [0, 0.05) is 36.1 Å². The van der Waals surface area contributed by atoms with Crippen molar-refractivity contribution in [3.05, 3.63) is 66.1 Å². The Balaban J connectivity index is 1.63. The van der Waals surface area contributed by atoms with E-state index in [0.717, 1.165) is 16.5 Å². The summed E-state index contributed by atoms with van der Waals surface area (Å²) in [7, 11) is 0. The summed E-state index contributed by atoms with van der Waals surface area (Å²) in [5.41, 5.74) is 1.92. The minimum absolute atomic E-state index is 0.169. The molecule has 0 unspecified atom stereocenters. The molecular weight excluding hydrogens is 290 g/mol. The molecule has 1 amide bonds. The standard InChI is InChI=1S/C18H17N3O2/c22-14-9-18(10-14,13-4-2-1-3-5-13)21-17(23)16-8-12-11-19-7-6-15(12)20-16/h1-8,11,14,20,22H,9-10H2,(H,21,23). The zero-order valence-corrected chi connectivity index (χ0v) is 12.5. The van der Waals surface area contributed by atoms with Crippen molar-refractivity contribution in [1.29, 1.82) is 0 Å². The van der Waals surface area contributed by atoms with Crippen LogP contribution in [0.3, 0.4) is 0 Å². The lowest BCUT2D eigenvalue weighted by Crippen LogP contribution is -2.56. The van der Waals surface area contributed by atoms with E-state index in [4.69, 9.17) is 0 Å². The predicted octanol–water partition coefficient (Wildman–Crippen LogP) is 2.34. The van der Waals surface area contributed by atoms with Crippen LogP contribution in [0.4, 0.5) is 0 Å². The van der Waals surface area contributed by atoms with Gasteiger partial charge in [-0.15, -0.1) is 0 Å². The minimum atomic E-state index is -0.493. The number of nitrogens with zero attached hydrogens (tertiary/aromatic N) is 1. The summed E-state index contributed by atoms with van der Waals surface area (Å²) in [4.78, 5) is 19.8. The number of aliphatic hydroxyl groups excluding tert-OH is 1. The number of pyridine rings is 1. The molecule has 3 N–H and O–H groups in total. The number of aliphatic hydroxyl groups is 1. The normalized spacial score (nSPS) is 23.4. The average molecular weight is 307 g/mol. The first kappa shape index (κ1) is 14.0. The molecule has 1 fully saturated rings. The molecule has 0 spiro atoms. The van der Waals surface area contributed by atoms with Gasteiger partial charge in [0.05, 0.1) is 11.6 Å². The number of rotatable bonds is 3. The van der Waals surface area contributed by atoms with Gasteiger partial charge >= 0.3 is 0 Å². The molecule has 0 radical (unpaired) electrons. The number of benzene rings is 1. The van der Waals surface area contributed by atoms with Crippen LogP contribution in [0, 0.1) is 0 Å². The lowest BCUT2D eigenvalue weighted by molar-refractivity contribution is 0.000899. The molecule has 0 saturated heterocycles. The van der Waals surface area contributed by atoms with E-state index in [1.807, 2.05) is 36.4 Å². The number of carbonyl (C=O) groups excluding carboxylic acids is 1. The van der Waals surface area contributed by atoms with Crippen LogP contribution in [0.1, 0.15) is 28.9 Å². The van der Waals surface area contributed by atoms with Crippen molar-refractivity contribution in [3.63, 3.8) is 0 Å². The van der Waals surface area contributed by atoms with E-state index >= 15 is 0 Å². The Bertz CT molecular complexity index is 818. The molecule has 0 atom stereocenters. The molecule has 3 aromatic rings. The van der Waals surface area contributed by atoms with Crippen molar-refractivity contribution in [2.45, 2.75) is 24.5 Å². The first-order valence-corrected chi connectivity index (χ1v) is 7.65. The van der Waals surface area contributed by atoms with Crippen LogP contribution in [0.2, 0.25) is 0 Å². The molecule has 1 aliphatic carbocycles. The van der Waals surface area contributed by atoms with E-state index in [-0.39, 0.29) is 12.0 Å². The summed E-state index contributed by atoms with van der Waals surface area (Å²) in [6.45, 7) is 0. The third kappa shape index (κ3) is 2.39. The second-order valence-corrected chi connectivity index (χ2v) is 6.11. The van der Waals surface area contributed by atoms with Crippen molar-refractivity contribution < 1.29 is 9.90 Å². The molecule has 4 rings (SSSR count). The molecule has 0 aliphatic heterocycles. The summed E-state index contributed by atoms with van der Waals surface area (Å²) in [5.74, 6) is -0.169. The van der Waals surface area contributed by atoms with E-state index in [1.165, 1.54) is 0 Å². The second kappa shape index (κ2) is 5.21. The maximum Gasteiger partial charge on any atom is 0.268 e. The molecule has 23 heavy (non-hydrogen) atoms. The fourth-order valence-corrected chi connectivity index (χ4v) is 3.29. The number of aromatic amines is 1. The molecule has 116 valence electrons. The molecule has 5 nitrogen and oxygen atoms in total. The average Bonchev–Trinajstić information content (AvgIpc) is 2.98. The minimum Gasteiger partial charge on any atom is -0.393 e. The van der Waals surface area contributed by atoms with Crippen molar-refractivity contribution in [3.8, 4) is 0 Å². The van der Waals surface area contributed by atoms with E-state index in [9.17, 15) is 9.90 Å². The highest BCUT2D eigenvalue weighted by Crippen LogP contribution is 2.41. The summed E-state index contributed by atoms with van der Waals surface area (Å²) in [5, 5.41) is 13.8. The Kier molecular flexibility index (Phi) is 3.16. The Hall–Kier alpha value is -2.66. The third-order valence-electron chi connectivity index (χ3n) is 4.51. The van der Waals surface area contributed by atoms with Crippen LogP contribution in [-0.4, -0.2) is 27.1 Å². The largest absolute Gasteiger partial charge is 0.393 e. The Labute approximate surface area is 133 Å². The zero-order chi connectivity index (χ0) is 15.9. The number of amides is 1. The van der Waals surface area contributed by atoms with E-state index in [2.05, 4.69) is 15.3 Å². The van der Waals surface area contributed by atoms with Crippen molar-refractivity contribution in [2.75, 3.05) is 0 Å². The molecule has 1 aromatic carbocycles. The van der Waals surface area contributed by atoms with Gasteiger partial charge in [-0.25, -0.2) is 0 Å². The van der Waals surface area contributed by atoms with Crippen LogP contribution in [-0.2, 0) is 5.54 Å². The lowest BCUT2D eigenvalue weighted by Gasteiger charge is -2.46. The SMILES string of the molecule is O=C(NC1(c2ccccc2)CC(O)C1)c1cc2cnccc2[nH]1. The second-order valence-electron chi connectivity index (χ2n) is 6.11. The monoisotopic (exact) mass is 307 g/mol. The molecule has 1 aliphatic rings. The number of H-pyrrole nitrogens is 1. The van der Waals surface area contributed by atoms with Gasteiger partial charge < -0.3 is 15.4 Å². The fraction of sp³-hybridized carbons (Fsp3) is 0.222. The predicted molar refractivity (Wildman–Crippen MR) is 86.9 cm³/mol. The van der Waals surface area contributed by atoms with Crippen molar-refractivity contribution in [2.24, 2.45) is 0 Å². The van der Waals surface area contributed by atoms with E-state index in [0.29, 0.717) is 18.5 Å². The van der Waals surface area contributed by atoms with E-state index < -0.39 is 5.54 Å². The van der Waals surface area contributed by atoms with Gasteiger partial charge in [-0.2, -0.15) is 0 Å². The Morgan fingerprint density at radius 2 is 2.04 bits per heavy atom. The number of carbonyl (C=O) groups is 1. The maximum absolute atomic E-state index is 12.7. The molecular formula is C18H17N3O2. The quantitative estimate of drug-likeness (QED) is 0.695. The Morgan fingerprint density at radius 3 is 2.74 bits per heavy atom. The van der Waals surface area contributed by atoms with Gasteiger partial charge in [0.2, 0.25) is 0 Å². The molecule has 2 aromatic heterocycles. The van der Waals surface area contributed by atoms with Gasteiger partial charge in [0.1, 0.15) is 5.69 Å². The number of hydrogen-bond acceptors (Lipinski definition) is 3. The highest BCUT2D eigenvalue weighted by molar-refractivity contribution is 5.98. The topological polar surface area (TPSA) is 78.0 Å². The summed E-state index contributed by atoms with van der Waals surface area (Å²) in [6, 6.07) is 13.4. The zero-order valence-electron chi connectivity index (χ0n) is 12.5. The summed E-state index contributed by atoms with van der Waals surface area (Å²) in [6.07, 6.45) is 4.11. The Morgan fingerprint density at radius 1 is 1.26 bits per heavy atom. The van der Waals surface area contributed by atoms with Crippen LogP contribution < -0.4 is 5.32 Å². The highest BCUT2D eigenvalue weighted by atomic mass is 16.3. The number of aromatic nitrogens is 2. The molecule has 5 heteroatoms. The number of fused-ring (bicyclic) bond motifs is 1. The first-order chi connectivity index (χ1) is 11.2. The van der Waals surface area contributed by atoms with Gasteiger partial charge in [-0.3, -0.25) is 9.78 Å². The first-order valence-electron chi connectivity index (χ1n) is 7.65. The van der Waals surface area contributed by atoms with Gasteiger partial charge in [0.15, 0.2) is 0 Å². The molecule has 1 saturated carbocycles. The fourth-order valence-electron chi connectivity index (χ4n) is 3.29. The van der Waals surface area contributed by atoms with Gasteiger partial charge in [-0.1, -0.05) is 30.3 Å². The van der Waals surface area contributed by atoms with Gasteiger partial charge in [-0.05, 0) is 17.7 Å². The summed E-state index contributed by atoms with van der Waals surface area (Å²) >= 11 is 0. The number of nitrogens with one attached hydrogen (secondary N) is 2. The molecule has 2 heterocycles. The highest BCUT2D eigenvalue weighted by Gasteiger charge is 2.46. The third-order valence-corrected chi connectivity index (χ3v) is 4.51. The molecule has 0 bridgehead atoms. The van der Waals surface area contributed by atoms with E-state index in [1.54, 1.807) is 18.5 Å². The van der Waals surface area contributed by atoms with Crippen LogP contribution >= 0.6 is 0 Å². The number of hydrogen-bond donors (Lipinski definition) is 3. The van der Waals surface area contributed by atoms with Crippen molar-refractivity contribution in [1.82, 2.24) is 15.3 Å².